The summed E-state index contributed by atoms with van der Waals surface area (Å²) in [6.45, 7) is 2.51. The van der Waals surface area contributed by atoms with Crippen LogP contribution in [0.5, 0.6) is 0 Å². The Balaban J connectivity index is 1.96. The van der Waals surface area contributed by atoms with Gasteiger partial charge in [0, 0.05) is 6.04 Å². The highest BCUT2D eigenvalue weighted by molar-refractivity contribution is 5.83. The predicted octanol–water partition coefficient (Wildman–Crippen LogP) is 0.593. The Morgan fingerprint density at radius 2 is 2.00 bits per heavy atom. The van der Waals surface area contributed by atoms with E-state index >= 15 is 0 Å². The van der Waals surface area contributed by atoms with Crippen LogP contribution < -0.4 is 5.32 Å². The van der Waals surface area contributed by atoms with Crippen LogP contribution in [-0.2, 0) is 9.59 Å². The number of hydrogen-bond donors (Lipinski definition) is 2. The Hall–Kier alpha value is -1.10. The standard InChI is InChI=1S/C12H20N2O3/c1-8(11(15)13-9-5-6-9)14-7-3-2-4-10(14)12(16)17/h8-10H,2-7H2,1H3,(H,13,15)(H,16,17). The molecule has 2 atom stereocenters. The maximum absolute atomic E-state index is 11.9. The fourth-order valence-electron chi connectivity index (χ4n) is 2.38. The van der Waals surface area contributed by atoms with Crippen molar-refractivity contribution in [1.82, 2.24) is 10.2 Å². The summed E-state index contributed by atoms with van der Waals surface area (Å²) in [5.74, 6) is -0.837. The molecule has 2 fully saturated rings. The number of piperidine rings is 1. The molecular formula is C12H20N2O3. The second-order valence-corrected chi connectivity index (χ2v) is 5.05. The first kappa shape index (κ1) is 12.4. The molecule has 1 saturated heterocycles. The van der Waals surface area contributed by atoms with Crippen molar-refractivity contribution in [2.24, 2.45) is 0 Å². The lowest BCUT2D eigenvalue weighted by molar-refractivity contribution is -0.147. The monoisotopic (exact) mass is 240 g/mol. The number of carboxylic acids is 1. The van der Waals surface area contributed by atoms with E-state index in [0.29, 0.717) is 19.0 Å². The van der Waals surface area contributed by atoms with Crippen LogP contribution >= 0.6 is 0 Å². The zero-order chi connectivity index (χ0) is 12.4. The number of carbonyl (C=O) groups is 2. The lowest BCUT2D eigenvalue weighted by atomic mass is 10.00. The topological polar surface area (TPSA) is 69.6 Å². The zero-order valence-electron chi connectivity index (χ0n) is 10.2. The van der Waals surface area contributed by atoms with Gasteiger partial charge in [0.1, 0.15) is 6.04 Å². The van der Waals surface area contributed by atoms with E-state index in [1.807, 2.05) is 4.90 Å². The molecular weight excluding hydrogens is 220 g/mol. The third-order valence-electron chi connectivity index (χ3n) is 3.63. The van der Waals surface area contributed by atoms with E-state index in [0.717, 1.165) is 25.7 Å². The Kier molecular flexibility index (Phi) is 3.66. The number of aliphatic carboxylic acids is 1. The number of rotatable bonds is 4. The summed E-state index contributed by atoms with van der Waals surface area (Å²) >= 11 is 0. The molecule has 5 nitrogen and oxygen atoms in total. The van der Waals surface area contributed by atoms with Crippen molar-refractivity contribution in [3.8, 4) is 0 Å². The van der Waals surface area contributed by atoms with Gasteiger partial charge in [0.2, 0.25) is 5.91 Å². The van der Waals surface area contributed by atoms with Gasteiger partial charge in [-0.05, 0) is 39.2 Å². The summed E-state index contributed by atoms with van der Waals surface area (Å²) in [7, 11) is 0. The molecule has 0 aromatic carbocycles. The van der Waals surface area contributed by atoms with E-state index in [-0.39, 0.29) is 11.9 Å². The van der Waals surface area contributed by atoms with Gasteiger partial charge in [0.05, 0.1) is 6.04 Å². The molecule has 0 radical (unpaired) electrons. The molecule has 0 aromatic heterocycles. The normalized spacial score (nSPS) is 27.5. The van der Waals surface area contributed by atoms with E-state index in [9.17, 15) is 9.59 Å². The summed E-state index contributed by atoms with van der Waals surface area (Å²) in [5, 5.41) is 12.1. The highest BCUT2D eigenvalue weighted by atomic mass is 16.4. The fraction of sp³-hybridized carbons (Fsp3) is 0.833. The molecule has 5 heteroatoms. The molecule has 2 N–H and O–H groups in total. The molecule has 1 aliphatic carbocycles. The Morgan fingerprint density at radius 1 is 1.29 bits per heavy atom. The first-order chi connectivity index (χ1) is 8.09. The molecule has 1 aliphatic heterocycles. The summed E-state index contributed by atoms with van der Waals surface area (Å²) in [6.07, 6.45) is 4.67. The van der Waals surface area contributed by atoms with Crippen molar-refractivity contribution in [2.75, 3.05) is 6.54 Å². The molecule has 1 saturated carbocycles. The molecule has 2 aliphatic rings. The molecule has 1 amide bonds. The minimum absolute atomic E-state index is 0.0272. The van der Waals surface area contributed by atoms with E-state index in [1.54, 1.807) is 6.92 Å². The lowest BCUT2D eigenvalue weighted by Gasteiger charge is -2.36. The number of carbonyl (C=O) groups excluding carboxylic acids is 1. The van der Waals surface area contributed by atoms with Crippen molar-refractivity contribution in [3.05, 3.63) is 0 Å². The third kappa shape index (κ3) is 2.97. The summed E-state index contributed by atoms with van der Waals surface area (Å²) in [6, 6.07) is -0.501. The maximum atomic E-state index is 11.9. The smallest absolute Gasteiger partial charge is 0.320 e. The molecule has 0 spiro atoms. The van der Waals surface area contributed by atoms with Crippen LogP contribution in [0.2, 0.25) is 0 Å². The second-order valence-electron chi connectivity index (χ2n) is 5.05. The Labute approximate surface area is 101 Å². The lowest BCUT2D eigenvalue weighted by Crippen LogP contribution is -2.54. The van der Waals surface area contributed by atoms with Crippen LogP contribution in [0.3, 0.4) is 0 Å². The van der Waals surface area contributed by atoms with Gasteiger partial charge in [-0.25, -0.2) is 0 Å². The molecule has 0 bridgehead atoms. The van der Waals surface area contributed by atoms with Gasteiger partial charge in [-0.15, -0.1) is 0 Å². The highest BCUT2D eigenvalue weighted by Crippen LogP contribution is 2.22. The van der Waals surface area contributed by atoms with Gasteiger partial charge in [-0.3, -0.25) is 14.5 Å². The van der Waals surface area contributed by atoms with E-state index in [4.69, 9.17) is 5.11 Å². The minimum atomic E-state index is -0.809. The Morgan fingerprint density at radius 3 is 2.59 bits per heavy atom. The van der Waals surface area contributed by atoms with Crippen molar-refractivity contribution in [3.63, 3.8) is 0 Å². The molecule has 2 unspecified atom stereocenters. The van der Waals surface area contributed by atoms with Crippen LogP contribution in [0, 0.1) is 0 Å². The van der Waals surface area contributed by atoms with Crippen LogP contribution in [-0.4, -0.2) is 46.6 Å². The largest absolute Gasteiger partial charge is 0.480 e. The maximum Gasteiger partial charge on any atom is 0.320 e. The first-order valence-electron chi connectivity index (χ1n) is 6.38. The molecule has 17 heavy (non-hydrogen) atoms. The number of amides is 1. The fourth-order valence-corrected chi connectivity index (χ4v) is 2.38. The van der Waals surface area contributed by atoms with Crippen LogP contribution in [0.15, 0.2) is 0 Å². The zero-order valence-corrected chi connectivity index (χ0v) is 10.2. The van der Waals surface area contributed by atoms with Gasteiger partial charge in [-0.2, -0.15) is 0 Å². The molecule has 1 heterocycles. The van der Waals surface area contributed by atoms with E-state index in [2.05, 4.69) is 5.32 Å². The summed E-state index contributed by atoms with van der Waals surface area (Å²) in [4.78, 5) is 24.9. The van der Waals surface area contributed by atoms with Gasteiger partial charge < -0.3 is 10.4 Å². The Bertz CT molecular complexity index is 315. The highest BCUT2D eigenvalue weighted by Gasteiger charge is 2.35. The molecule has 96 valence electrons. The van der Waals surface area contributed by atoms with Gasteiger partial charge in [0.25, 0.3) is 0 Å². The average molecular weight is 240 g/mol. The van der Waals surface area contributed by atoms with E-state index < -0.39 is 12.0 Å². The molecule has 0 aromatic rings. The van der Waals surface area contributed by atoms with E-state index in [1.165, 1.54) is 0 Å². The summed E-state index contributed by atoms with van der Waals surface area (Å²) < 4.78 is 0. The number of carboxylic acid groups (broad SMARTS) is 1. The SMILES string of the molecule is CC(C(=O)NC1CC1)N1CCCCC1C(=O)O. The van der Waals surface area contributed by atoms with Crippen molar-refractivity contribution >= 4 is 11.9 Å². The minimum Gasteiger partial charge on any atom is -0.480 e. The first-order valence-corrected chi connectivity index (χ1v) is 6.38. The number of nitrogens with one attached hydrogen (secondary N) is 1. The number of nitrogens with zero attached hydrogens (tertiary/aromatic N) is 1. The number of hydrogen-bond acceptors (Lipinski definition) is 3. The van der Waals surface area contributed by atoms with Crippen molar-refractivity contribution in [2.45, 2.75) is 57.2 Å². The van der Waals surface area contributed by atoms with Gasteiger partial charge in [0.15, 0.2) is 0 Å². The predicted molar refractivity (Wildman–Crippen MR) is 62.6 cm³/mol. The quantitative estimate of drug-likeness (QED) is 0.754. The van der Waals surface area contributed by atoms with Gasteiger partial charge in [-0.1, -0.05) is 6.42 Å². The number of likely N-dealkylation sites (tertiary alicyclic amines) is 1. The van der Waals surface area contributed by atoms with Crippen LogP contribution in [0.25, 0.3) is 0 Å². The van der Waals surface area contributed by atoms with Crippen molar-refractivity contribution < 1.29 is 14.7 Å². The van der Waals surface area contributed by atoms with Crippen LogP contribution in [0.4, 0.5) is 0 Å². The van der Waals surface area contributed by atoms with Crippen LogP contribution in [0.1, 0.15) is 39.0 Å². The van der Waals surface area contributed by atoms with Gasteiger partial charge >= 0.3 is 5.97 Å². The second kappa shape index (κ2) is 5.04. The molecule has 2 rings (SSSR count). The average Bonchev–Trinajstić information content (AvgIpc) is 3.11. The third-order valence-corrected chi connectivity index (χ3v) is 3.63. The summed E-state index contributed by atoms with van der Waals surface area (Å²) in [5.41, 5.74) is 0. The van der Waals surface area contributed by atoms with Crippen molar-refractivity contribution in [1.29, 1.82) is 0 Å².